The van der Waals surface area contributed by atoms with Gasteiger partial charge in [0, 0.05) is 28.3 Å². The van der Waals surface area contributed by atoms with Crippen LogP contribution in [0, 0.1) is 10.1 Å². The number of anilines is 1. The van der Waals surface area contributed by atoms with Crippen molar-refractivity contribution in [2.45, 2.75) is 17.5 Å². The van der Waals surface area contributed by atoms with Gasteiger partial charge in [-0.3, -0.25) is 19.8 Å². The Morgan fingerprint density at radius 2 is 1.96 bits per heavy atom. The van der Waals surface area contributed by atoms with Crippen molar-refractivity contribution < 1.29 is 19.2 Å². The zero-order valence-electron chi connectivity index (χ0n) is 15.8. The van der Waals surface area contributed by atoms with Gasteiger partial charge in [-0.1, -0.05) is 18.2 Å². The van der Waals surface area contributed by atoms with E-state index in [4.69, 9.17) is 9.47 Å². The molecule has 1 spiro atoms. The summed E-state index contributed by atoms with van der Waals surface area (Å²) >= 11 is 0. The maximum atomic E-state index is 13.1. The van der Waals surface area contributed by atoms with E-state index in [-0.39, 0.29) is 10.8 Å². The topological polar surface area (TPSA) is 93.9 Å². The molecule has 2 aliphatic rings. The zero-order chi connectivity index (χ0) is 20.1. The first-order valence-electron chi connectivity index (χ1n) is 8.92. The van der Waals surface area contributed by atoms with Gasteiger partial charge in [-0.05, 0) is 31.3 Å². The van der Waals surface area contributed by atoms with E-state index in [1.807, 2.05) is 0 Å². The quantitative estimate of drug-likeness (QED) is 0.643. The predicted octanol–water partition coefficient (Wildman–Crippen LogP) is 2.23. The van der Waals surface area contributed by atoms with Crippen LogP contribution in [0.1, 0.15) is 17.0 Å². The highest BCUT2D eigenvalue weighted by Crippen LogP contribution is 2.53. The van der Waals surface area contributed by atoms with E-state index in [9.17, 15) is 14.9 Å². The van der Waals surface area contributed by atoms with E-state index in [1.165, 1.54) is 7.11 Å². The lowest BCUT2D eigenvalue weighted by Crippen LogP contribution is -2.54. The molecule has 1 saturated heterocycles. The third-order valence-electron chi connectivity index (χ3n) is 5.88. The van der Waals surface area contributed by atoms with Crippen LogP contribution in [-0.4, -0.2) is 49.6 Å². The lowest BCUT2D eigenvalue weighted by molar-refractivity contribution is -0.534. The second kappa shape index (κ2) is 6.49. The SMILES string of the molecule is COc1ccc(OC)c([C@@H]2CN(C)[C@]3(C(=O)Nc4ccccc43)[C@H]2[N+](=O)[O-])c1. The summed E-state index contributed by atoms with van der Waals surface area (Å²) in [5.41, 5.74) is 0.529. The minimum absolute atomic E-state index is 0.330. The summed E-state index contributed by atoms with van der Waals surface area (Å²) in [6.07, 6.45) is 0. The number of carbonyl (C=O) groups excluding carboxylic acids is 1. The van der Waals surface area contributed by atoms with Crippen LogP contribution >= 0.6 is 0 Å². The molecule has 2 aromatic rings. The number of likely N-dealkylation sites (tertiary alicyclic amines) is 1. The Morgan fingerprint density at radius 3 is 2.64 bits per heavy atom. The molecule has 2 aromatic carbocycles. The van der Waals surface area contributed by atoms with Gasteiger partial charge < -0.3 is 14.8 Å². The number of nitro groups is 1. The van der Waals surface area contributed by atoms with Crippen LogP contribution in [0.2, 0.25) is 0 Å². The Labute approximate surface area is 162 Å². The third kappa shape index (κ3) is 2.31. The molecule has 0 unspecified atom stereocenters. The molecule has 0 aromatic heterocycles. The molecule has 0 saturated carbocycles. The van der Waals surface area contributed by atoms with E-state index < -0.39 is 17.5 Å². The monoisotopic (exact) mass is 383 g/mol. The van der Waals surface area contributed by atoms with E-state index in [1.54, 1.807) is 61.5 Å². The van der Waals surface area contributed by atoms with E-state index in [0.29, 0.717) is 34.9 Å². The van der Waals surface area contributed by atoms with E-state index in [0.717, 1.165) is 0 Å². The van der Waals surface area contributed by atoms with Crippen molar-refractivity contribution in [2.24, 2.45) is 0 Å². The second-order valence-electron chi connectivity index (χ2n) is 7.09. The highest BCUT2D eigenvalue weighted by molar-refractivity contribution is 6.06. The van der Waals surface area contributed by atoms with Crippen LogP contribution < -0.4 is 14.8 Å². The van der Waals surface area contributed by atoms with Crippen LogP contribution in [-0.2, 0) is 10.3 Å². The summed E-state index contributed by atoms with van der Waals surface area (Å²) in [7, 11) is 4.82. The Bertz CT molecular complexity index is 963. The molecule has 1 N–H and O–H groups in total. The molecule has 146 valence electrons. The molecule has 2 heterocycles. The highest BCUT2D eigenvalue weighted by Gasteiger charge is 2.68. The number of nitrogens with one attached hydrogen (secondary N) is 1. The van der Waals surface area contributed by atoms with Crippen molar-refractivity contribution in [1.29, 1.82) is 0 Å². The number of fused-ring (bicyclic) bond motifs is 2. The molecule has 1 fully saturated rings. The van der Waals surface area contributed by atoms with E-state index >= 15 is 0 Å². The van der Waals surface area contributed by atoms with Crippen molar-refractivity contribution in [3.05, 3.63) is 63.7 Å². The molecule has 2 aliphatic heterocycles. The van der Waals surface area contributed by atoms with Crippen LogP contribution in [0.25, 0.3) is 0 Å². The highest BCUT2D eigenvalue weighted by atomic mass is 16.6. The molecule has 1 amide bonds. The van der Waals surface area contributed by atoms with Crippen LogP contribution in [0.15, 0.2) is 42.5 Å². The number of benzene rings is 2. The summed E-state index contributed by atoms with van der Waals surface area (Å²) in [4.78, 5) is 26.9. The number of methoxy groups -OCH3 is 2. The maximum Gasteiger partial charge on any atom is 0.256 e. The number of likely N-dealkylation sites (N-methyl/N-ethyl adjacent to an activating group) is 1. The van der Waals surface area contributed by atoms with Gasteiger partial charge in [-0.15, -0.1) is 0 Å². The van der Waals surface area contributed by atoms with Crippen LogP contribution in [0.3, 0.4) is 0 Å². The summed E-state index contributed by atoms with van der Waals surface area (Å²) in [6, 6.07) is 11.2. The largest absolute Gasteiger partial charge is 0.497 e. The van der Waals surface area contributed by atoms with E-state index in [2.05, 4.69) is 5.32 Å². The Hall–Kier alpha value is -3.13. The van der Waals surface area contributed by atoms with Crippen LogP contribution in [0.5, 0.6) is 11.5 Å². The first-order chi connectivity index (χ1) is 13.4. The molecule has 0 radical (unpaired) electrons. The molecule has 28 heavy (non-hydrogen) atoms. The molecular weight excluding hydrogens is 362 g/mol. The predicted molar refractivity (Wildman–Crippen MR) is 102 cm³/mol. The summed E-state index contributed by atoms with van der Waals surface area (Å²) in [5.74, 6) is 0.191. The number of carbonyl (C=O) groups is 1. The summed E-state index contributed by atoms with van der Waals surface area (Å²) in [6.45, 7) is 0.330. The first-order valence-corrected chi connectivity index (χ1v) is 8.92. The summed E-state index contributed by atoms with van der Waals surface area (Å²) in [5, 5.41) is 15.2. The molecule has 8 nitrogen and oxygen atoms in total. The Kier molecular flexibility index (Phi) is 4.23. The van der Waals surface area contributed by atoms with Gasteiger partial charge in [0.1, 0.15) is 11.5 Å². The lowest BCUT2D eigenvalue weighted by Gasteiger charge is -2.30. The fourth-order valence-electron chi connectivity index (χ4n) is 4.69. The van der Waals surface area contributed by atoms with Gasteiger partial charge in [0.15, 0.2) is 5.54 Å². The van der Waals surface area contributed by atoms with Gasteiger partial charge >= 0.3 is 0 Å². The molecule has 0 aliphatic carbocycles. The van der Waals surface area contributed by atoms with Gasteiger partial charge in [-0.25, -0.2) is 0 Å². The average Bonchev–Trinajstić information content (AvgIpc) is 3.17. The Balaban J connectivity index is 1.92. The second-order valence-corrected chi connectivity index (χ2v) is 7.09. The molecule has 8 heteroatoms. The number of hydrogen-bond donors (Lipinski definition) is 1. The number of nitrogens with zero attached hydrogens (tertiary/aromatic N) is 2. The van der Waals surface area contributed by atoms with Gasteiger partial charge in [0.2, 0.25) is 0 Å². The number of amides is 1. The minimum atomic E-state index is -1.38. The fraction of sp³-hybridized carbons (Fsp3) is 0.350. The molecule has 0 bridgehead atoms. The number of rotatable bonds is 4. The molecular formula is C20H21N3O5. The van der Waals surface area contributed by atoms with Gasteiger partial charge in [-0.2, -0.15) is 0 Å². The van der Waals surface area contributed by atoms with Crippen molar-refractivity contribution in [3.63, 3.8) is 0 Å². The van der Waals surface area contributed by atoms with Crippen molar-refractivity contribution >= 4 is 11.6 Å². The lowest BCUT2D eigenvalue weighted by atomic mass is 9.79. The molecule has 3 atom stereocenters. The van der Waals surface area contributed by atoms with Gasteiger partial charge in [0.25, 0.3) is 11.9 Å². The Morgan fingerprint density at radius 1 is 1.21 bits per heavy atom. The standard InChI is InChI=1S/C20H21N3O5/c1-22-11-14(13-10-12(27-2)8-9-17(13)28-3)18(23(25)26)20(22)15-6-4-5-7-16(15)21-19(20)24/h4-10,14,18H,11H2,1-3H3,(H,21,24)/t14-,18-,20-/m0/s1. The smallest absolute Gasteiger partial charge is 0.256 e. The van der Waals surface area contributed by atoms with Gasteiger partial charge in [0.05, 0.1) is 20.1 Å². The van der Waals surface area contributed by atoms with Crippen molar-refractivity contribution in [2.75, 3.05) is 33.1 Å². The number of hydrogen-bond acceptors (Lipinski definition) is 6. The van der Waals surface area contributed by atoms with Crippen molar-refractivity contribution in [1.82, 2.24) is 4.90 Å². The fourth-order valence-corrected chi connectivity index (χ4v) is 4.69. The summed E-state index contributed by atoms with van der Waals surface area (Å²) < 4.78 is 10.8. The maximum absolute atomic E-state index is 13.1. The number of para-hydroxylation sites is 1. The number of ether oxygens (including phenoxy) is 2. The van der Waals surface area contributed by atoms with Crippen LogP contribution in [0.4, 0.5) is 5.69 Å². The molecule has 4 rings (SSSR count). The first kappa shape index (κ1) is 18.2. The zero-order valence-corrected chi connectivity index (χ0v) is 15.8. The minimum Gasteiger partial charge on any atom is -0.497 e. The van der Waals surface area contributed by atoms with Crippen molar-refractivity contribution in [3.8, 4) is 11.5 Å². The third-order valence-corrected chi connectivity index (χ3v) is 5.88. The average molecular weight is 383 g/mol. The normalized spacial score (nSPS) is 26.2.